The van der Waals surface area contributed by atoms with E-state index < -0.39 is 0 Å². The molecule has 0 fully saturated rings. The molecule has 4 rings (SSSR count). The molecular weight excluding hydrogens is 433 g/mol. The van der Waals surface area contributed by atoms with Gasteiger partial charge in [0.15, 0.2) is 0 Å². The lowest BCUT2D eigenvalue weighted by Gasteiger charge is -2.08. The van der Waals surface area contributed by atoms with E-state index in [1.165, 1.54) is 11.3 Å². The molecule has 1 heterocycles. The predicted octanol–water partition coefficient (Wildman–Crippen LogP) is 6.90. The van der Waals surface area contributed by atoms with Crippen molar-refractivity contribution in [2.75, 3.05) is 0 Å². The largest absolute Gasteiger partial charge is 0.253 e. The van der Waals surface area contributed by atoms with Gasteiger partial charge in [0.25, 0.3) is 0 Å². The summed E-state index contributed by atoms with van der Waals surface area (Å²) in [5.74, 6) is 0. The third kappa shape index (κ3) is 4.73. The molecule has 30 heavy (non-hydrogen) atoms. The van der Waals surface area contributed by atoms with Crippen LogP contribution in [-0.2, 0) is 6.54 Å². The molecule has 0 saturated carbocycles. The lowest BCUT2D eigenvalue weighted by Crippen LogP contribution is -2.14. The topological polar surface area (TPSA) is 29.6 Å². The Hall–Kier alpha value is -2.66. The third-order valence-corrected chi connectivity index (χ3v) is 5.98. The first-order chi connectivity index (χ1) is 14.6. The average molecular weight is 452 g/mol. The molecular formula is C24H19Cl2N3S. The first-order valence-electron chi connectivity index (χ1n) is 9.43. The van der Waals surface area contributed by atoms with E-state index in [0.29, 0.717) is 16.6 Å². The highest BCUT2D eigenvalue weighted by Gasteiger charge is 2.12. The fourth-order valence-electron chi connectivity index (χ4n) is 3.02. The van der Waals surface area contributed by atoms with Gasteiger partial charge in [0, 0.05) is 16.0 Å². The first-order valence-corrected chi connectivity index (χ1v) is 11.1. The van der Waals surface area contributed by atoms with E-state index in [4.69, 9.17) is 33.3 Å². The summed E-state index contributed by atoms with van der Waals surface area (Å²) in [7, 11) is 0. The third-order valence-electron chi connectivity index (χ3n) is 4.57. The smallest absolute Gasteiger partial charge is 0.206 e. The molecule has 0 spiro atoms. The van der Waals surface area contributed by atoms with Crippen LogP contribution in [0.2, 0.25) is 10.0 Å². The minimum atomic E-state index is 0.578. The Morgan fingerprint density at radius 2 is 1.63 bits per heavy atom. The number of benzene rings is 3. The van der Waals surface area contributed by atoms with Crippen LogP contribution in [0.25, 0.3) is 11.3 Å². The molecule has 0 atom stereocenters. The Kier molecular flexibility index (Phi) is 6.48. The summed E-state index contributed by atoms with van der Waals surface area (Å²) in [6.07, 6.45) is 0. The van der Waals surface area contributed by atoms with Gasteiger partial charge in [0.05, 0.1) is 23.0 Å². The van der Waals surface area contributed by atoms with E-state index in [9.17, 15) is 0 Å². The van der Waals surface area contributed by atoms with Crippen molar-refractivity contribution in [3.05, 3.63) is 110 Å². The SMILES string of the molecule is CC(=Nn1c(-c2ccc(Cl)cc2Cl)csc1=NCc1ccccc1)c1ccccc1. The summed E-state index contributed by atoms with van der Waals surface area (Å²) in [6.45, 7) is 2.57. The van der Waals surface area contributed by atoms with Crippen LogP contribution < -0.4 is 4.80 Å². The van der Waals surface area contributed by atoms with Crippen LogP contribution in [-0.4, -0.2) is 10.4 Å². The van der Waals surface area contributed by atoms with Gasteiger partial charge in [0.2, 0.25) is 4.80 Å². The van der Waals surface area contributed by atoms with Gasteiger partial charge in [-0.3, -0.25) is 4.99 Å². The summed E-state index contributed by atoms with van der Waals surface area (Å²) in [6, 6.07) is 25.8. The van der Waals surface area contributed by atoms with Crippen molar-refractivity contribution in [1.82, 2.24) is 4.68 Å². The van der Waals surface area contributed by atoms with Crippen molar-refractivity contribution in [2.24, 2.45) is 10.1 Å². The number of halogens is 2. The maximum absolute atomic E-state index is 6.50. The van der Waals surface area contributed by atoms with Gasteiger partial charge < -0.3 is 0 Å². The normalized spacial score (nSPS) is 12.4. The lowest BCUT2D eigenvalue weighted by atomic mass is 10.1. The van der Waals surface area contributed by atoms with E-state index in [1.54, 1.807) is 6.07 Å². The lowest BCUT2D eigenvalue weighted by molar-refractivity contribution is 0.819. The van der Waals surface area contributed by atoms with Gasteiger partial charge in [-0.15, -0.1) is 11.3 Å². The molecule has 150 valence electrons. The number of nitrogens with zero attached hydrogens (tertiary/aromatic N) is 3. The average Bonchev–Trinajstić information content (AvgIpc) is 3.15. The fourth-order valence-corrected chi connectivity index (χ4v) is 4.34. The monoisotopic (exact) mass is 451 g/mol. The van der Waals surface area contributed by atoms with Gasteiger partial charge in [0.1, 0.15) is 0 Å². The highest BCUT2D eigenvalue weighted by molar-refractivity contribution is 7.07. The number of rotatable bonds is 5. The van der Waals surface area contributed by atoms with Crippen LogP contribution >= 0.6 is 34.5 Å². The molecule has 0 aliphatic rings. The van der Waals surface area contributed by atoms with Crippen molar-refractivity contribution in [3.63, 3.8) is 0 Å². The van der Waals surface area contributed by atoms with Crippen LogP contribution in [0.4, 0.5) is 0 Å². The summed E-state index contributed by atoms with van der Waals surface area (Å²) >= 11 is 14.1. The second-order valence-electron chi connectivity index (χ2n) is 6.69. The number of hydrogen-bond acceptors (Lipinski definition) is 3. The predicted molar refractivity (Wildman–Crippen MR) is 128 cm³/mol. The van der Waals surface area contributed by atoms with E-state index in [-0.39, 0.29) is 0 Å². The molecule has 0 bridgehead atoms. The van der Waals surface area contributed by atoms with Crippen LogP contribution in [0.5, 0.6) is 0 Å². The number of thiazole rings is 1. The van der Waals surface area contributed by atoms with Gasteiger partial charge >= 0.3 is 0 Å². The van der Waals surface area contributed by atoms with E-state index in [1.807, 2.05) is 77.6 Å². The standard InChI is InChI=1S/C24H19Cl2N3S/c1-17(19-10-6-3-7-11-19)28-29-23(21-13-12-20(25)14-22(21)26)16-30-24(29)27-15-18-8-4-2-5-9-18/h2-14,16H,15H2,1H3. The molecule has 3 aromatic carbocycles. The van der Waals surface area contributed by atoms with Gasteiger partial charge in [-0.1, -0.05) is 83.9 Å². The summed E-state index contributed by atoms with van der Waals surface area (Å²) in [5, 5.41) is 8.11. The molecule has 4 aromatic rings. The molecule has 0 amide bonds. The molecule has 3 nitrogen and oxygen atoms in total. The van der Waals surface area contributed by atoms with Gasteiger partial charge in [-0.2, -0.15) is 5.10 Å². The van der Waals surface area contributed by atoms with Gasteiger partial charge in [-0.05, 0) is 36.2 Å². The molecule has 0 saturated heterocycles. The molecule has 0 aliphatic heterocycles. The number of aromatic nitrogens is 1. The fraction of sp³-hybridized carbons (Fsp3) is 0.0833. The molecule has 0 aliphatic carbocycles. The van der Waals surface area contributed by atoms with Crippen LogP contribution in [0, 0.1) is 0 Å². The Morgan fingerprint density at radius 3 is 2.33 bits per heavy atom. The highest BCUT2D eigenvalue weighted by atomic mass is 35.5. The molecule has 0 unspecified atom stereocenters. The summed E-state index contributed by atoms with van der Waals surface area (Å²) in [4.78, 5) is 5.62. The first kappa shape index (κ1) is 20.6. The molecule has 6 heteroatoms. The summed E-state index contributed by atoms with van der Waals surface area (Å²) < 4.78 is 1.87. The maximum Gasteiger partial charge on any atom is 0.206 e. The van der Waals surface area contributed by atoms with Gasteiger partial charge in [-0.25, -0.2) is 4.68 Å². The minimum Gasteiger partial charge on any atom is -0.253 e. The van der Waals surface area contributed by atoms with E-state index >= 15 is 0 Å². The van der Waals surface area contributed by atoms with Crippen molar-refractivity contribution in [3.8, 4) is 11.3 Å². The number of hydrogen-bond donors (Lipinski definition) is 0. The zero-order valence-electron chi connectivity index (χ0n) is 16.3. The Bertz CT molecular complexity index is 1240. The van der Waals surface area contributed by atoms with E-state index in [0.717, 1.165) is 32.9 Å². The van der Waals surface area contributed by atoms with Crippen LogP contribution in [0.3, 0.4) is 0 Å². The highest BCUT2D eigenvalue weighted by Crippen LogP contribution is 2.30. The van der Waals surface area contributed by atoms with Crippen molar-refractivity contribution in [2.45, 2.75) is 13.5 Å². The Balaban J connectivity index is 1.84. The van der Waals surface area contributed by atoms with Crippen molar-refractivity contribution < 1.29 is 0 Å². The Labute approximate surface area is 189 Å². The summed E-state index contributed by atoms with van der Waals surface area (Å²) in [5.41, 5.74) is 4.83. The zero-order valence-corrected chi connectivity index (χ0v) is 18.6. The zero-order chi connectivity index (χ0) is 20.9. The van der Waals surface area contributed by atoms with Crippen LogP contribution in [0.15, 0.2) is 94.3 Å². The quantitative estimate of drug-likeness (QED) is 0.295. The molecule has 0 N–H and O–H groups in total. The van der Waals surface area contributed by atoms with Crippen molar-refractivity contribution in [1.29, 1.82) is 0 Å². The van der Waals surface area contributed by atoms with Crippen molar-refractivity contribution >= 4 is 40.3 Å². The van der Waals surface area contributed by atoms with Crippen LogP contribution in [0.1, 0.15) is 18.1 Å². The Morgan fingerprint density at radius 1 is 0.933 bits per heavy atom. The second-order valence-corrected chi connectivity index (χ2v) is 8.37. The van der Waals surface area contributed by atoms with E-state index in [2.05, 4.69) is 12.1 Å². The minimum absolute atomic E-state index is 0.578. The molecule has 0 radical (unpaired) electrons. The maximum atomic E-state index is 6.50. The molecule has 1 aromatic heterocycles. The second kappa shape index (κ2) is 9.43.